The van der Waals surface area contributed by atoms with Crippen LogP contribution < -0.4 is 5.73 Å². The van der Waals surface area contributed by atoms with Crippen molar-refractivity contribution in [3.05, 3.63) is 29.6 Å². The van der Waals surface area contributed by atoms with E-state index in [4.69, 9.17) is 10.8 Å². The zero-order chi connectivity index (χ0) is 11.5. The second-order valence-corrected chi connectivity index (χ2v) is 3.08. The number of aromatic nitrogens is 1. The smallest absolute Gasteiger partial charge is 0.396 e. The Morgan fingerprint density at radius 3 is 2.60 bits per heavy atom. The monoisotopic (exact) mass is 220 g/mol. The Labute approximate surface area is 84.7 Å². The van der Waals surface area contributed by atoms with E-state index in [0.717, 1.165) is 6.20 Å². The number of halogens is 3. The zero-order valence-corrected chi connectivity index (χ0v) is 7.83. The summed E-state index contributed by atoms with van der Waals surface area (Å²) in [4.78, 5) is 3.42. The summed E-state index contributed by atoms with van der Waals surface area (Å²) in [6.45, 7) is -0.451. The van der Waals surface area contributed by atoms with Crippen LogP contribution in [0.4, 0.5) is 13.2 Å². The number of hydrogen-bond donors (Lipinski definition) is 2. The highest BCUT2D eigenvalue weighted by atomic mass is 19.4. The fraction of sp³-hybridized carbons (Fsp3) is 0.444. The van der Waals surface area contributed by atoms with Gasteiger partial charge in [0.15, 0.2) is 0 Å². The Morgan fingerprint density at radius 1 is 1.47 bits per heavy atom. The van der Waals surface area contributed by atoms with Crippen LogP contribution in [0.5, 0.6) is 0 Å². The maximum absolute atomic E-state index is 12.5. The highest BCUT2D eigenvalue weighted by molar-refractivity contribution is 5.30. The number of pyridine rings is 1. The molecule has 6 heteroatoms. The van der Waals surface area contributed by atoms with E-state index in [0.29, 0.717) is 0 Å². The molecule has 3 nitrogen and oxygen atoms in total. The number of aliphatic hydroxyl groups excluding tert-OH is 1. The van der Waals surface area contributed by atoms with Crippen LogP contribution in [0.3, 0.4) is 0 Å². The van der Waals surface area contributed by atoms with Crippen molar-refractivity contribution in [2.45, 2.75) is 12.1 Å². The highest BCUT2D eigenvalue weighted by Gasteiger charge is 2.35. The van der Waals surface area contributed by atoms with Gasteiger partial charge in [0.25, 0.3) is 0 Å². The van der Waals surface area contributed by atoms with Crippen LogP contribution in [0, 0.1) is 0 Å². The van der Waals surface area contributed by atoms with E-state index in [1.165, 1.54) is 12.3 Å². The minimum Gasteiger partial charge on any atom is -0.396 e. The second kappa shape index (κ2) is 4.59. The molecule has 1 aromatic heterocycles. The molecule has 0 radical (unpaired) electrons. The van der Waals surface area contributed by atoms with Crippen molar-refractivity contribution in [2.75, 3.05) is 13.2 Å². The molecule has 0 aliphatic rings. The third-order valence-electron chi connectivity index (χ3n) is 2.10. The summed E-state index contributed by atoms with van der Waals surface area (Å²) in [5.41, 5.74) is 4.43. The molecule has 0 aromatic carbocycles. The lowest BCUT2D eigenvalue weighted by molar-refractivity contribution is -0.138. The molecule has 1 aromatic rings. The van der Waals surface area contributed by atoms with Gasteiger partial charge in [-0.1, -0.05) is 0 Å². The molecular weight excluding hydrogens is 209 g/mol. The van der Waals surface area contributed by atoms with Crippen LogP contribution in [-0.4, -0.2) is 23.2 Å². The number of nitrogens with zero attached hydrogens (tertiary/aromatic N) is 1. The molecule has 0 aliphatic heterocycles. The summed E-state index contributed by atoms with van der Waals surface area (Å²) in [5, 5.41) is 8.90. The molecule has 84 valence electrons. The van der Waals surface area contributed by atoms with Gasteiger partial charge in [-0.05, 0) is 11.6 Å². The minimum atomic E-state index is -4.47. The number of nitrogens with two attached hydrogens (primary N) is 1. The molecule has 15 heavy (non-hydrogen) atoms. The van der Waals surface area contributed by atoms with Crippen molar-refractivity contribution >= 4 is 0 Å². The van der Waals surface area contributed by atoms with Crippen molar-refractivity contribution in [3.63, 3.8) is 0 Å². The largest absolute Gasteiger partial charge is 0.418 e. The van der Waals surface area contributed by atoms with Gasteiger partial charge in [0, 0.05) is 24.9 Å². The molecule has 0 aliphatic carbocycles. The van der Waals surface area contributed by atoms with Crippen LogP contribution in [0.15, 0.2) is 18.5 Å². The summed E-state index contributed by atoms with van der Waals surface area (Å²) < 4.78 is 37.6. The first-order chi connectivity index (χ1) is 7.00. The first-order valence-electron chi connectivity index (χ1n) is 4.32. The molecule has 0 amide bonds. The molecule has 1 unspecified atom stereocenters. The van der Waals surface area contributed by atoms with Crippen molar-refractivity contribution < 1.29 is 18.3 Å². The van der Waals surface area contributed by atoms with Gasteiger partial charge in [0.1, 0.15) is 0 Å². The van der Waals surface area contributed by atoms with Gasteiger partial charge >= 0.3 is 6.18 Å². The Balaban J connectivity index is 3.17. The Bertz CT molecular complexity index is 323. The Morgan fingerprint density at radius 2 is 2.13 bits per heavy atom. The van der Waals surface area contributed by atoms with Crippen LogP contribution in [0.2, 0.25) is 0 Å². The lowest BCUT2D eigenvalue weighted by Gasteiger charge is -2.17. The predicted octanol–water partition coefficient (Wildman–Crippen LogP) is 1.13. The van der Waals surface area contributed by atoms with Gasteiger partial charge in [-0.15, -0.1) is 0 Å². The van der Waals surface area contributed by atoms with Crippen LogP contribution in [0.25, 0.3) is 0 Å². The van der Waals surface area contributed by atoms with Crippen LogP contribution in [-0.2, 0) is 6.18 Å². The third kappa shape index (κ3) is 2.66. The average molecular weight is 220 g/mol. The summed E-state index contributed by atoms with van der Waals surface area (Å²) in [6, 6.07) is 1.23. The van der Waals surface area contributed by atoms with Gasteiger partial charge in [-0.3, -0.25) is 4.98 Å². The van der Waals surface area contributed by atoms with Crippen LogP contribution in [0.1, 0.15) is 17.0 Å². The molecule has 0 saturated carbocycles. The summed E-state index contributed by atoms with van der Waals surface area (Å²) >= 11 is 0. The molecule has 0 bridgehead atoms. The van der Waals surface area contributed by atoms with E-state index in [2.05, 4.69) is 4.98 Å². The maximum atomic E-state index is 12.5. The number of alkyl halides is 3. The molecule has 1 atom stereocenters. The van der Waals surface area contributed by atoms with E-state index in [1.807, 2.05) is 0 Å². The Hall–Kier alpha value is -1.14. The summed E-state index contributed by atoms with van der Waals surface area (Å²) in [5.74, 6) is -0.704. The summed E-state index contributed by atoms with van der Waals surface area (Å²) in [7, 11) is 0. The first kappa shape index (κ1) is 11.9. The average Bonchev–Trinajstić information content (AvgIpc) is 2.19. The fourth-order valence-corrected chi connectivity index (χ4v) is 1.30. The van der Waals surface area contributed by atoms with Gasteiger partial charge in [0.05, 0.1) is 12.2 Å². The lowest BCUT2D eigenvalue weighted by atomic mass is 9.96. The SMILES string of the molecule is NCC(CO)c1ccncc1C(F)(F)F. The maximum Gasteiger partial charge on any atom is 0.418 e. The number of aliphatic hydroxyl groups is 1. The fourth-order valence-electron chi connectivity index (χ4n) is 1.30. The van der Waals surface area contributed by atoms with Crippen LogP contribution >= 0.6 is 0 Å². The van der Waals surface area contributed by atoms with E-state index in [9.17, 15) is 13.2 Å². The molecular formula is C9H11F3N2O. The van der Waals surface area contributed by atoms with Gasteiger partial charge in [0.2, 0.25) is 0 Å². The van der Waals surface area contributed by atoms with E-state index in [-0.39, 0.29) is 12.1 Å². The molecule has 0 spiro atoms. The van der Waals surface area contributed by atoms with E-state index in [1.54, 1.807) is 0 Å². The third-order valence-corrected chi connectivity index (χ3v) is 2.10. The van der Waals surface area contributed by atoms with Crippen molar-refractivity contribution in [1.29, 1.82) is 0 Å². The van der Waals surface area contributed by atoms with Gasteiger partial charge < -0.3 is 10.8 Å². The highest BCUT2D eigenvalue weighted by Crippen LogP contribution is 2.34. The quantitative estimate of drug-likeness (QED) is 0.802. The Kier molecular flexibility index (Phi) is 3.65. The van der Waals surface area contributed by atoms with E-state index >= 15 is 0 Å². The standard InChI is InChI=1S/C9H11F3N2O/c10-9(11,12)8-4-14-2-1-7(8)6(3-13)5-15/h1-2,4,6,15H,3,5,13H2. The minimum absolute atomic E-state index is 0.0116. The predicted molar refractivity (Wildman–Crippen MR) is 48.1 cm³/mol. The molecule has 1 heterocycles. The molecule has 0 fully saturated rings. The second-order valence-electron chi connectivity index (χ2n) is 3.08. The van der Waals surface area contributed by atoms with Gasteiger partial charge in [-0.25, -0.2) is 0 Å². The molecule has 1 rings (SSSR count). The number of rotatable bonds is 3. The van der Waals surface area contributed by atoms with Crippen molar-refractivity contribution in [2.24, 2.45) is 5.73 Å². The van der Waals surface area contributed by atoms with Crippen molar-refractivity contribution in [1.82, 2.24) is 4.98 Å². The van der Waals surface area contributed by atoms with Gasteiger partial charge in [-0.2, -0.15) is 13.2 Å². The molecule has 3 N–H and O–H groups in total. The van der Waals surface area contributed by atoms with E-state index < -0.39 is 24.3 Å². The molecule has 0 saturated heterocycles. The lowest BCUT2D eigenvalue weighted by Crippen LogP contribution is -2.20. The van der Waals surface area contributed by atoms with Crippen molar-refractivity contribution in [3.8, 4) is 0 Å². The normalized spacial score (nSPS) is 13.9. The topological polar surface area (TPSA) is 59.1 Å². The number of hydrogen-bond acceptors (Lipinski definition) is 3. The first-order valence-corrected chi connectivity index (χ1v) is 4.32. The summed E-state index contributed by atoms with van der Waals surface area (Å²) in [6.07, 6.45) is -2.47. The zero-order valence-electron chi connectivity index (χ0n) is 7.83.